The van der Waals surface area contributed by atoms with Crippen molar-refractivity contribution in [2.75, 3.05) is 69.5 Å². The van der Waals surface area contributed by atoms with Crippen LogP contribution in [0.15, 0.2) is 18.3 Å². The van der Waals surface area contributed by atoms with Gasteiger partial charge in [-0.3, -0.25) is 19.9 Å². The number of carbonyl (C=O) groups is 2. The van der Waals surface area contributed by atoms with Crippen LogP contribution in [0.5, 0.6) is 0 Å². The number of nitrogens with one attached hydrogen (secondary N) is 2. The summed E-state index contributed by atoms with van der Waals surface area (Å²) in [4.78, 5) is 40.2. The molecule has 37 heavy (non-hydrogen) atoms. The lowest BCUT2D eigenvalue weighted by molar-refractivity contribution is 0.111. The van der Waals surface area contributed by atoms with Crippen molar-refractivity contribution in [3.8, 4) is 6.07 Å². The van der Waals surface area contributed by atoms with Gasteiger partial charge in [-0.1, -0.05) is 0 Å². The van der Waals surface area contributed by atoms with Crippen molar-refractivity contribution in [2.45, 2.75) is 31.8 Å². The van der Waals surface area contributed by atoms with Crippen LogP contribution in [0.4, 0.5) is 22.1 Å². The number of likely N-dealkylation sites (N-methyl/N-ethyl adjacent to an activating group) is 1. The first kappa shape index (κ1) is 26.5. The molecule has 11 nitrogen and oxygen atoms in total. The van der Waals surface area contributed by atoms with Gasteiger partial charge in [0, 0.05) is 58.1 Å². The minimum atomic E-state index is -0.383. The molecule has 1 fully saturated rings. The van der Waals surface area contributed by atoms with E-state index in [2.05, 4.69) is 50.6 Å². The fourth-order valence-electron chi connectivity index (χ4n) is 4.83. The highest BCUT2D eigenvalue weighted by atomic mass is 16.5. The zero-order chi connectivity index (χ0) is 26.4. The first-order valence-corrected chi connectivity index (χ1v) is 12.5. The van der Waals surface area contributed by atoms with Crippen LogP contribution in [-0.2, 0) is 17.7 Å². The van der Waals surface area contributed by atoms with Gasteiger partial charge in [0.05, 0.1) is 17.9 Å². The van der Waals surface area contributed by atoms with Crippen LogP contribution in [-0.4, -0.2) is 92.1 Å². The number of likely N-dealkylation sites (tertiary alicyclic amines) is 1. The fraction of sp³-hybridized carbons (Fsp3) is 0.500. The Kier molecular flexibility index (Phi) is 8.66. The van der Waals surface area contributed by atoms with Gasteiger partial charge in [0.25, 0.3) is 0 Å². The molecule has 4 heterocycles. The van der Waals surface area contributed by atoms with E-state index in [0.717, 1.165) is 49.8 Å². The average molecular weight is 507 g/mol. The van der Waals surface area contributed by atoms with E-state index in [9.17, 15) is 14.9 Å². The number of ether oxygens (including phenoxy) is 1. The quantitative estimate of drug-likeness (QED) is 0.389. The van der Waals surface area contributed by atoms with Gasteiger partial charge in [-0.05, 0) is 50.6 Å². The Morgan fingerprint density at radius 2 is 2.19 bits per heavy atom. The van der Waals surface area contributed by atoms with E-state index in [1.54, 1.807) is 18.1 Å². The summed E-state index contributed by atoms with van der Waals surface area (Å²) in [6, 6.07) is 5.88. The molecule has 11 heteroatoms. The molecule has 0 radical (unpaired) electrons. The van der Waals surface area contributed by atoms with Crippen LogP contribution in [0.1, 0.15) is 40.0 Å². The van der Waals surface area contributed by atoms with E-state index in [1.165, 1.54) is 6.20 Å². The number of aromatic nitrogens is 2. The lowest BCUT2D eigenvalue weighted by Gasteiger charge is -2.29. The molecular weight excluding hydrogens is 472 g/mol. The van der Waals surface area contributed by atoms with Crippen molar-refractivity contribution < 1.29 is 14.3 Å². The Hall–Kier alpha value is -3.59. The third kappa shape index (κ3) is 6.22. The van der Waals surface area contributed by atoms with Crippen LogP contribution < -0.4 is 15.5 Å². The summed E-state index contributed by atoms with van der Waals surface area (Å²) < 4.78 is 5.05. The zero-order valence-electron chi connectivity index (χ0n) is 21.7. The van der Waals surface area contributed by atoms with Crippen LogP contribution in [0.25, 0.3) is 0 Å². The zero-order valence-corrected chi connectivity index (χ0v) is 21.7. The molecule has 2 aliphatic heterocycles. The second-order valence-electron chi connectivity index (χ2n) is 9.61. The molecule has 0 aromatic carbocycles. The van der Waals surface area contributed by atoms with Crippen molar-refractivity contribution in [2.24, 2.45) is 0 Å². The summed E-state index contributed by atoms with van der Waals surface area (Å²) in [5.41, 5.74) is 3.16. The molecule has 2 aromatic heterocycles. The summed E-state index contributed by atoms with van der Waals surface area (Å²) in [5, 5.41) is 15.3. The monoisotopic (exact) mass is 506 g/mol. The van der Waals surface area contributed by atoms with E-state index >= 15 is 0 Å². The topological polar surface area (TPSA) is 127 Å². The first-order chi connectivity index (χ1) is 17.9. The van der Waals surface area contributed by atoms with E-state index in [-0.39, 0.29) is 6.03 Å². The number of amides is 2. The second kappa shape index (κ2) is 12.1. The number of aldehydes is 1. The highest BCUT2D eigenvalue weighted by molar-refractivity contribution is 6.01. The number of hydrogen-bond acceptors (Lipinski definition) is 9. The Morgan fingerprint density at radius 3 is 2.89 bits per heavy atom. The molecule has 2 aromatic rings. The number of rotatable bonds is 9. The highest BCUT2D eigenvalue weighted by Crippen LogP contribution is 2.29. The van der Waals surface area contributed by atoms with Gasteiger partial charge < -0.3 is 15.0 Å². The van der Waals surface area contributed by atoms with E-state index in [1.807, 2.05) is 6.07 Å². The first-order valence-electron chi connectivity index (χ1n) is 12.5. The van der Waals surface area contributed by atoms with Crippen molar-refractivity contribution in [1.82, 2.24) is 19.8 Å². The minimum Gasteiger partial charge on any atom is -0.383 e. The van der Waals surface area contributed by atoms with Crippen LogP contribution in [0, 0.1) is 11.3 Å². The summed E-state index contributed by atoms with van der Waals surface area (Å²) >= 11 is 0. The second-order valence-corrected chi connectivity index (χ2v) is 9.61. The van der Waals surface area contributed by atoms with E-state index in [0.29, 0.717) is 60.9 Å². The van der Waals surface area contributed by atoms with E-state index in [4.69, 9.17) is 4.74 Å². The summed E-state index contributed by atoms with van der Waals surface area (Å²) in [6.45, 7) is 4.06. The number of anilines is 3. The molecule has 0 aliphatic carbocycles. The largest absolute Gasteiger partial charge is 0.383 e. The molecular formula is C26H34N8O3. The number of fused-ring (bicyclic) bond motifs is 1. The Balaban J connectivity index is 1.51. The predicted octanol–water partition coefficient (Wildman–Crippen LogP) is 2.34. The van der Waals surface area contributed by atoms with E-state index < -0.39 is 0 Å². The van der Waals surface area contributed by atoms with Gasteiger partial charge in [-0.25, -0.2) is 14.8 Å². The Morgan fingerprint density at radius 1 is 1.35 bits per heavy atom. The molecule has 1 saturated heterocycles. The summed E-state index contributed by atoms with van der Waals surface area (Å²) in [6.07, 6.45) is 4.88. The van der Waals surface area contributed by atoms with Gasteiger partial charge in [0.15, 0.2) is 6.29 Å². The van der Waals surface area contributed by atoms with Gasteiger partial charge in [0.1, 0.15) is 23.4 Å². The SMILES string of the molecule is COCCNc1cc(NC(=O)N2CCCc3cc(CN4CCC(N(C)C)C4)c(C=O)nc32)ncc1C#N. The molecule has 0 saturated carbocycles. The maximum atomic E-state index is 13.2. The lowest BCUT2D eigenvalue weighted by atomic mass is 10.0. The molecule has 2 amide bonds. The number of nitriles is 1. The third-order valence-electron chi connectivity index (χ3n) is 6.88. The summed E-state index contributed by atoms with van der Waals surface area (Å²) in [5.74, 6) is 0.821. The highest BCUT2D eigenvalue weighted by Gasteiger charge is 2.28. The third-order valence-corrected chi connectivity index (χ3v) is 6.88. The molecule has 0 bridgehead atoms. The molecule has 0 spiro atoms. The maximum Gasteiger partial charge on any atom is 0.328 e. The molecule has 1 atom stereocenters. The number of nitrogens with zero attached hydrogens (tertiary/aromatic N) is 6. The number of urea groups is 1. The summed E-state index contributed by atoms with van der Waals surface area (Å²) in [7, 11) is 5.79. The van der Waals surface area contributed by atoms with Crippen LogP contribution in [0.3, 0.4) is 0 Å². The number of aryl methyl sites for hydroxylation is 1. The van der Waals surface area contributed by atoms with Crippen molar-refractivity contribution >= 4 is 29.6 Å². The molecule has 2 aliphatic rings. The molecule has 2 N–H and O–H groups in total. The molecule has 4 rings (SSSR count). The number of methoxy groups -OCH3 is 1. The normalized spacial score (nSPS) is 17.4. The molecule has 196 valence electrons. The number of hydrogen-bond donors (Lipinski definition) is 2. The van der Waals surface area contributed by atoms with Gasteiger partial charge in [-0.2, -0.15) is 5.26 Å². The van der Waals surface area contributed by atoms with Gasteiger partial charge >= 0.3 is 6.03 Å². The van der Waals surface area contributed by atoms with Gasteiger partial charge in [0.2, 0.25) is 0 Å². The number of pyridine rings is 2. The smallest absolute Gasteiger partial charge is 0.328 e. The molecule has 1 unspecified atom stereocenters. The van der Waals surface area contributed by atoms with Crippen molar-refractivity contribution in [3.05, 3.63) is 40.7 Å². The number of carbonyl (C=O) groups excluding carboxylic acids is 2. The Labute approximate surface area is 217 Å². The standard InChI is InChI=1S/C26H34N8O3/c1-32(2)21-6-9-33(16-21)15-19-11-18-5-4-8-34(25(18)30-23(19)17-35)26(36)31-24-12-22(28-7-10-37-3)20(13-27)14-29-24/h11-12,14,17,21H,4-10,15-16H2,1-3H3,(H2,28,29,31,36). The lowest BCUT2D eigenvalue weighted by Crippen LogP contribution is -2.40. The van der Waals surface area contributed by atoms with Crippen LogP contribution >= 0.6 is 0 Å². The van der Waals surface area contributed by atoms with Gasteiger partial charge in [-0.15, -0.1) is 0 Å². The fourth-order valence-corrected chi connectivity index (χ4v) is 4.83. The average Bonchev–Trinajstić information content (AvgIpc) is 3.37. The van der Waals surface area contributed by atoms with Crippen molar-refractivity contribution in [3.63, 3.8) is 0 Å². The van der Waals surface area contributed by atoms with Crippen LogP contribution in [0.2, 0.25) is 0 Å². The maximum absolute atomic E-state index is 13.2. The Bertz CT molecular complexity index is 1180. The predicted molar refractivity (Wildman–Crippen MR) is 141 cm³/mol. The van der Waals surface area contributed by atoms with Crippen molar-refractivity contribution in [1.29, 1.82) is 5.26 Å². The minimum absolute atomic E-state index is 0.313.